The van der Waals surface area contributed by atoms with E-state index in [0.717, 1.165) is 11.3 Å². The fourth-order valence-electron chi connectivity index (χ4n) is 4.75. The zero-order valence-electron chi connectivity index (χ0n) is 19.5. The van der Waals surface area contributed by atoms with Crippen molar-refractivity contribution in [3.8, 4) is 0 Å². The third kappa shape index (κ3) is 4.61. The summed E-state index contributed by atoms with van der Waals surface area (Å²) in [5, 5.41) is 7.87. The number of nitrogens with one attached hydrogen (secondary N) is 1. The standard InChI is InChI=1S/C26H25ClN6O2/c1-16-12-23(32(2)31-16)25(34)30-21-8-11-33(15-19(21)17-6-4-3-5-7-17)26(35)18-13-20(27)24-22(14-18)28-9-10-29-24/h3-7,9-10,12-14,19,21H,8,11,15H2,1-2H3,(H,30,34)/t19-,21-/m1/s1. The summed E-state index contributed by atoms with van der Waals surface area (Å²) in [5.41, 5.74) is 3.99. The molecule has 4 aromatic rings. The minimum Gasteiger partial charge on any atom is -0.347 e. The van der Waals surface area contributed by atoms with Gasteiger partial charge < -0.3 is 10.2 Å². The molecule has 2 aromatic carbocycles. The van der Waals surface area contributed by atoms with Gasteiger partial charge in [-0.25, -0.2) is 0 Å². The van der Waals surface area contributed by atoms with Crippen molar-refractivity contribution in [2.45, 2.75) is 25.3 Å². The number of fused-ring (bicyclic) bond motifs is 1. The Kier molecular flexibility index (Phi) is 6.21. The number of aryl methyl sites for hydroxylation is 2. The molecule has 0 saturated carbocycles. The number of hydrogen-bond acceptors (Lipinski definition) is 5. The van der Waals surface area contributed by atoms with E-state index < -0.39 is 0 Å². The van der Waals surface area contributed by atoms with Gasteiger partial charge in [-0.1, -0.05) is 41.9 Å². The fourth-order valence-corrected chi connectivity index (χ4v) is 5.01. The average Bonchev–Trinajstić information content (AvgIpc) is 3.22. The first-order chi connectivity index (χ1) is 16.9. The predicted molar refractivity (Wildman–Crippen MR) is 133 cm³/mol. The quantitative estimate of drug-likeness (QED) is 0.472. The number of nitrogens with zero attached hydrogens (tertiary/aromatic N) is 5. The number of aromatic nitrogens is 4. The van der Waals surface area contributed by atoms with Crippen molar-refractivity contribution in [1.82, 2.24) is 30.0 Å². The number of hydrogen-bond donors (Lipinski definition) is 1. The summed E-state index contributed by atoms with van der Waals surface area (Å²) in [6.45, 7) is 2.83. The third-order valence-electron chi connectivity index (χ3n) is 6.45. The van der Waals surface area contributed by atoms with Crippen molar-refractivity contribution in [2.24, 2.45) is 7.05 Å². The van der Waals surface area contributed by atoms with Crippen LogP contribution in [-0.4, -0.2) is 55.6 Å². The molecule has 2 aromatic heterocycles. The third-order valence-corrected chi connectivity index (χ3v) is 6.74. The Bertz CT molecular complexity index is 1400. The highest BCUT2D eigenvalue weighted by Crippen LogP contribution is 2.30. The van der Waals surface area contributed by atoms with Crippen molar-refractivity contribution in [2.75, 3.05) is 13.1 Å². The van der Waals surface area contributed by atoms with Gasteiger partial charge in [-0.05, 0) is 37.1 Å². The smallest absolute Gasteiger partial charge is 0.269 e. The van der Waals surface area contributed by atoms with Gasteiger partial charge in [0, 0.05) is 50.1 Å². The normalized spacial score (nSPS) is 18.0. The van der Waals surface area contributed by atoms with E-state index in [1.54, 1.807) is 42.3 Å². The number of carbonyl (C=O) groups is 2. The van der Waals surface area contributed by atoms with Crippen LogP contribution < -0.4 is 5.32 Å². The average molecular weight is 489 g/mol. The van der Waals surface area contributed by atoms with Gasteiger partial charge >= 0.3 is 0 Å². The van der Waals surface area contributed by atoms with Crippen LogP contribution in [-0.2, 0) is 7.05 Å². The maximum atomic E-state index is 13.5. The Labute approximate surface area is 207 Å². The number of benzene rings is 2. The second kappa shape index (κ2) is 9.46. The number of carbonyl (C=O) groups excluding carboxylic acids is 2. The Hall–Kier alpha value is -3.78. The lowest BCUT2D eigenvalue weighted by atomic mass is 9.85. The van der Waals surface area contributed by atoms with Gasteiger partial charge in [0.2, 0.25) is 0 Å². The summed E-state index contributed by atoms with van der Waals surface area (Å²) < 4.78 is 1.59. The lowest BCUT2D eigenvalue weighted by molar-refractivity contribution is 0.0671. The van der Waals surface area contributed by atoms with Crippen LogP contribution in [0, 0.1) is 6.92 Å². The highest BCUT2D eigenvalue weighted by Gasteiger charge is 2.34. The maximum absolute atomic E-state index is 13.5. The number of amides is 2. The molecule has 2 atom stereocenters. The lowest BCUT2D eigenvalue weighted by Crippen LogP contribution is -2.51. The zero-order chi connectivity index (χ0) is 24.5. The topological polar surface area (TPSA) is 93.0 Å². The van der Waals surface area contributed by atoms with Gasteiger partial charge in [0.15, 0.2) is 0 Å². The molecule has 1 fully saturated rings. The highest BCUT2D eigenvalue weighted by molar-refractivity contribution is 6.35. The fraction of sp³-hybridized carbons (Fsp3) is 0.269. The predicted octanol–water partition coefficient (Wildman–Crippen LogP) is 3.75. The van der Waals surface area contributed by atoms with Crippen LogP contribution in [0.1, 0.15) is 44.4 Å². The summed E-state index contributed by atoms with van der Waals surface area (Å²) in [6.07, 6.45) is 3.78. The minimum atomic E-state index is -0.168. The molecule has 5 rings (SSSR count). The molecule has 3 heterocycles. The SMILES string of the molecule is Cc1cc(C(=O)N[C@@H]2CCN(C(=O)c3cc(Cl)c4nccnc4c3)C[C@@H]2c2ccccc2)n(C)n1. The Morgan fingerprint density at radius 3 is 2.60 bits per heavy atom. The van der Waals surface area contributed by atoms with Gasteiger partial charge in [-0.15, -0.1) is 0 Å². The number of piperidine rings is 1. The molecule has 35 heavy (non-hydrogen) atoms. The molecule has 1 N–H and O–H groups in total. The monoisotopic (exact) mass is 488 g/mol. The molecule has 178 valence electrons. The van der Waals surface area contributed by atoms with Crippen molar-refractivity contribution in [3.63, 3.8) is 0 Å². The molecular weight excluding hydrogens is 464 g/mol. The Morgan fingerprint density at radius 1 is 1.09 bits per heavy atom. The van der Waals surface area contributed by atoms with E-state index >= 15 is 0 Å². The number of rotatable bonds is 4. The van der Waals surface area contributed by atoms with E-state index in [1.165, 1.54) is 0 Å². The lowest BCUT2D eigenvalue weighted by Gasteiger charge is -2.39. The molecule has 0 radical (unpaired) electrons. The molecule has 0 aliphatic carbocycles. The van der Waals surface area contributed by atoms with Crippen molar-refractivity contribution in [1.29, 1.82) is 0 Å². The van der Waals surface area contributed by atoms with Crippen LogP contribution in [0.5, 0.6) is 0 Å². The van der Waals surface area contributed by atoms with Crippen molar-refractivity contribution < 1.29 is 9.59 Å². The molecule has 0 bridgehead atoms. The van der Waals surface area contributed by atoms with Gasteiger partial charge in [-0.3, -0.25) is 24.2 Å². The van der Waals surface area contributed by atoms with Crippen molar-refractivity contribution >= 4 is 34.4 Å². The Balaban J connectivity index is 1.40. The number of likely N-dealkylation sites (tertiary alicyclic amines) is 1. The first-order valence-corrected chi connectivity index (χ1v) is 11.8. The van der Waals surface area contributed by atoms with E-state index in [9.17, 15) is 9.59 Å². The highest BCUT2D eigenvalue weighted by atomic mass is 35.5. The second-order valence-electron chi connectivity index (χ2n) is 8.81. The van der Waals surface area contributed by atoms with Crippen LogP contribution >= 0.6 is 11.6 Å². The molecular formula is C26H25ClN6O2. The molecule has 1 saturated heterocycles. The molecule has 2 amide bonds. The molecule has 1 aliphatic rings. The summed E-state index contributed by atoms with van der Waals surface area (Å²) in [6, 6.07) is 15.0. The van der Waals surface area contributed by atoms with E-state index in [0.29, 0.717) is 46.8 Å². The summed E-state index contributed by atoms with van der Waals surface area (Å²) in [4.78, 5) is 36.9. The van der Waals surface area contributed by atoms with Crippen LogP contribution in [0.4, 0.5) is 0 Å². The number of halogens is 1. The largest absolute Gasteiger partial charge is 0.347 e. The van der Waals surface area contributed by atoms with E-state index in [4.69, 9.17) is 11.6 Å². The second-order valence-corrected chi connectivity index (χ2v) is 9.22. The van der Waals surface area contributed by atoms with Gasteiger partial charge in [0.25, 0.3) is 11.8 Å². The molecule has 8 nitrogen and oxygen atoms in total. The first kappa shape index (κ1) is 23.0. The van der Waals surface area contributed by atoms with E-state index in [1.807, 2.05) is 42.2 Å². The van der Waals surface area contributed by atoms with E-state index in [2.05, 4.69) is 20.4 Å². The van der Waals surface area contributed by atoms with Crippen LogP contribution in [0.3, 0.4) is 0 Å². The summed E-state index contributed by atoms with van der Waals surface area (Å²) in [7, 11) is 1.76. The van der Waals surface area contributed by atoms with Gasteiger partial charge in [0.05, 0.1) is 16.2 Å². The molecule has 9 heteroatoms. The zero-order valence-corrected chi connectivity index (χ0v) is 20.2. The molecule has 0 spiro atoms. The first-order valence-electron chi connectivity index (χ1n) is 11.5. The van der Waals surface area contributed by atoms with Gasteiger partial charge in [-0.2, -0.15) is 5.10 Å². The maximum Gasteiger partial charge on any atom is 0.269 e. The van der Waals surface area contributed by atoms with Crippen molar-refractivity contribution in [3.05, 3.63) is 88.5 Å². The summed E-state index contributed by atoms with van der Waals surface area (Å²) >= 11 is 6.40. The summed E-state index contributed by atoms with van der Waals surface area (Å²) in [5.74, 6) is -0.353. The van der Waals surface area contributed by atoms with Gasteiger partial charge in [0.1, 0.15) is 11.2 Å². The molecule has 0 unspecified atom stereocenters. The molecule has 1 aliphatic heterocycles. The van der Waals surface area contributed by atoms with Crippen LogP contribution in [0.15, 0.2) is 60.9 Å². The van der Waals surface area contributed by atoms with Crippen LogP contribution in [0.25, 0.3) is 11.0 Å². The van der Waals surface area contributed by atoms with Crippen LogP contribution in [0.2, 0.25) is 5.02 Å². The van der Waals surface area contributed by atoms with E-state index in [-0.39, 0.29) is 23.8 Å². The minimum absolute atomic E-state index is 0.0668. The Morgan fingerprint density at radius 2 is 1.86 bits per heavy atom.